The van der Waals surface area contributed by atoms with Gasteiger partial charge < -0.3 is 10.1 Å². The zero-order valence-corrected chi connectivity index (χ0v) is 15.8. The number of rotatable bonds is 6. The number of ether oxygens (including phenoxy) is 1. The number of nitrogens with one attached hydrogen (secondary N) is 1. The van der Waals surface area contributed by atoms with Crippen molar-refractivity contribution in [2.75, 3.05) is 11.9 Å². The van der Waals surface area contributed by atoms with Crippen LogP contribution in [0.2, 0.25) is 5.15 Å². The lowest BCUT2D eigenvalue weighted by Crippen LogP contribution is -2.23. The molecule has 3 rings (SSSR count). The molecule has 1 amide bonds. The number of fused-ring (bicyclic) bond motifs is 1. The Labute approximate surface area is 166 Å². The Morgan fingerprint density at radius 2 is 2.04 bits per heavy atom. The van der Waals surface area contributed by atoms with Crippen LogP contribution in [-0.2, 0) is 11.2 Å². The maximum absolute atomic E-state index is 13.0. The molecule has 0 aliphatic heterocycles. The topological polar surface area (TPSA) is 75.0 Å². The third-order valence-corrected chi connectivity index (χ3v) is 4.46. The number of hydrogen-bond acceptors (Lipinski definition) is 4. The molecule has 0 saturated heterocycles. The summed E-state index contributed by atoms with van der Waals surface area (Å²) in [5.74, 6) is -1.17. The Morgan fingerprint density at radius 3 is 2.71 bits per heavy atom. The predicted octanol–water partition coefficient (Wildman–Crippen LogP) is 4.75. The van der Waals surface area contributed by atoms with Crippen molar-refractivity contribution in [1.29, 1.82) is 5.26 Å². The fraction of sp³-hybridized carbons (Fsp3) is 0.190. The summed E-state index contributed by atoms with van der Waals surface area (Å²) in [6.45, 7) is 2.44. The van der Waals surface area contributed by atoms with Gasteiger partial charge in [-0.25, -0.2) is 9.37 Å². The maximum atomic E-state index is 13.0. The molecule has 0 radical (unpaired) electrons. The lowest BCUT2D eigenvalue weighted by atomic mass is 9.99. The second-order valence-electron chi connectivity index (χ2n) is 6.11. The average Bonchev–Trinajstić information content (AvgIpc) is 2.68. The van der Waals surface area contributed by atoms with Crippen LogP contribution in [0.5, 0.6) is 5.75 Å². The minimum atomic E-state index is -0.975. The molecular weight excluding hydrogens is 381 g/mol. The molecule has 0 aliphatic carbocycles. The standard InChI is InChI=1S/C21H17ClFN3O2/c1-2-28-18-7-8-19-13(11-18)9-14(20(22)26-19)10-15(12-24)21(27)25-17-5-3-16(23)4-6-17/h3-9,11,15H,2,10H2,1H3,(H,25,27). The monoisotopic (exact) mass is 397 g/mol. The summed E-state index contributed by atoms with van der Waals surface area (Å²) in [6.07, 6.45) is 0.101. The van der Waals surface area contributed by atoms with Crippen LogP contribution in [0.1, 0.15) is 12.5 Å². The number of pyridine rings is 1. The Hall–Kier alpha value is -3.17. The lowest BCUT2D eigenvalue weighted by molar-refractivity contribution is -0.118. The highest BCUT2D eigenvalue weighted by molar-refractivity contribution is 6.30. The molecule has 0 spiro atoms. The van der Waals surface area contributed by atoms with Crippen molar-refractivity contribution in [1.82, 2.24) is 4.98 Å². The quantitative estimate of drug-likeness (QED) is 0.609. The SMILES string of the molecule is CCOc1ccc2nc(Cl)c(CC(C#N)C(=O)Nc3ccc(F)cc3)cc2c1. The predicted molar refractivity (Wildman–Crippen MR) is 106 cm³/mol. The first kappa shape index (κ1) is 19.6. The molecule has 1 unspecified atom stereocenters. The minimum Gasteiger partial charge on any atom is -0.494 e. The van der Waals surface area contributed by atoms with E-state index in [0.717, 1.165) is 5.39 Å². The maximum Gasteiger partial charge on any atom is 0.242 e. The third kappa shape index (κ3) is 4.56. The van der Waals surface area contributed by atoms with Crippen LogP contribution in [0.15, 0.2) is 48.5 Å². The summed E-state index contributed by atoms with van der Waals surface area (Å²) < 4.78 is 18.5. The molecule has 1 atom stereocenters. The van der Waals surface area contributed by atoms with Crippen LogP contribution < -0.4 is 10.1 Å². The van der Waals surface area contributed by atoms with E-state index in [4.69, 9.17) is 16.3 Å². The molecule has 142 valence electrons. The number of amides is 1. The average molecular weight is 398 g/mol. The van der Waals surface area contributed by atoms with Gasteiger partial charge in [-0.15, -0.1) is 0 Å². The van der Waals surface area contributed by atoms with E-state index in [9.17, 15) is 14.4 Å². The molecule has 3 aromatic rings. The molecule has 0 aliphatic rings. The molecule has 1 heterocycles. The summed E-state index contributed by atoms with van der Waals surface area (Å²) >= 11 is 6.26. The Bertz CT molecular complexity index is 1050. The molecule has 0 bridgehead atoms. The first-order chi connectivity index (χ1) is 13.5. The normalized spacial score (nSPS) is 11.6. The second kappa shape index (κ2) is 8.68. The van der Waals surface area contributed by atoms with E-state index in [1.807, 2.05) is 31.2 Å². The van der Waals surface area contributed by atoms with Crippen molar-refractivity contribution in [3.8, 4) is 11.8 Å². The molecule has 7 heteroatoms. The van der Waals surface area contributed by atoms with Crippen LogP contribution in [-0.4, -0.2) is 17.5 Å². The highest BCUT2D eigenvalue weighted by Crippen LogP contribution is 2.26. The van der Waals surface area contributed by atoms with E-state index in [-0.39, 0.29) is 11.6 Å². The molecule has 0 saturated carbocycles. The van der Waals surface area contributed by atoms with E-state index in [1.165, 1.54) is 24.3 Å². The molecule has 28 heavy (non-hydrogen) atoms. The van der Waals surface area contributed by atoms with Gasteiger partial charge in [0.05, 0.1) is 18.2 Å². The Balaban J connectivity index is 1.82. The number of nitriles is 1. The van der Waals surface area contributed by atoms with Crippen molar-refractivity contribution >= 4 is 34.1 Å². The number of aromatic nitrogens is 1. The van der Waals surface area contributed by atoms with Gasteiger partial charge in [-0.3, -0.25) is 4.79 Å². The van der Waals surface area contributed by atoms with Crippen molar-refractivity contribution in [2.24, 2.45) is 5.92 Å². The molecular formula is C21H17ClFN3O2. The fourth-order valence-corrected chi connectivity index (χ4v) is 2.98. The van der Waals surface area contributed by atoms with E-state index >= 15 is 0 Å². The van der Waals surface area contributed by atoms with Crippen LogP contribution in [0, 0.1) is 23.1 Å². The first-order valence-corrected chi connectivity index (χ1v) is 9.06. The van der Waals surface area contributed by atoms with E-state index < -0.39 is 17.6 Å². The minimum absolute atomic E-state index is 0.101. The zero-order chi connectivity index (χ0) is 20.1. The van der Waals surface area contributed by atoms with Crippen LogP contribution in [0.4, 0.5) is 10.1 Å². The zero-order valence-electron chi connectivity index (χ0n) is 15.1. The molecule has 5 nitrogen and oxygen atoms in total. The van der Waals surface area contributed by atoms with Gasteiger partial charge in [0, 0.05) is 17.5 Å². The van der Waals surface area contributed by atoms with Gasteiger partial charge in [0.15, 0.2) is 0 Å². The van der Waals surface area contributed by atoms with Crippen molar-refractivity contribution in [2.45, 2.75) is 13.3 Å². The number of carbonyl (C=O) groups is 1. The third-order valence-electron chi connectivity index (χ3n) is 4.13. The van der Waals surface area contributed by atoms with Gasteiger partial charge in [-0.1, -0.05) is 11.6 Å². The van der Waals surface area contributed by atoms with Gasteiger partial charge in [0.25, 0.3) is 0 Å². The number of benzene rings is 2. The summed E-state index contributed by atoms with van der Waals surface area (Å²) in [7, 11) is 0. The van der Waals surface area contributed by atoms with Gasteiger partial charge in [0.2, 0.25) is 5.91 Å². The van der Waals surface area contributed by atoms with Crippen molar-refractivity contribution < 1.29 is 13.9 Å². The highest BCUT2D eigenvalue weighted by atomic mass is 35.5. The van der Waals surface area contributed by atoms with Crippen LogP contribution >= 0.6 is 11.6 Å². The van der Waals surface area contributed by atoms with Crippen molar-refractivity contribution in [3.05, 3.63) is 65.1 Å². The number of halogens is 2. The Kier molecular flexibility index (Phi) is 6.07. The van der Waals surface area contributed by atoms with Crippen LogP contribution in [0.3, 0.4) is 0 Å². The van der Waals surface area contributed by atoms with Gasteiger partial charge in [-0.05, 0) is 61.0 Å². The first-order valence-electron chi connectivity index (χ1n) is 8.68. The van der Waals surface area contributed by atoms with Gasteiger partial charge >= 0.3 is 0 Å². The summed E-state index contributed by atoms with van der Waals surface area (Å²) in [6, 6.07) is 14.6. The number of nitrogens with zero attached hydrogens (tertiary/aromatic N) is 2. The van der Waals surface area contributed by atoms with Crippen LogP contribution in [0.25, 0.3) is 10.9 Å². The Morgan fingerprint density at radius 1 is 1.29 bits per heavy atom. The second-order valence-corrected chi connectivity index (χ2v) is 6.47. The molecule has 1 aromatic heterocycles. The fourth-order valence-electron chi connectivity index (χ4n) is 2.75. The highest BCUT2D eigenvalue weighted by Gasteiger charge is 2.21. The number of hydrogen-bond donors (Lipinski definition) is 1. The van der Waals surface area contributed by atoms with Gasteiger partial charge in [-0.2, -0.15) is 5.26 Å². The lowest BCUT2D eigenvalue weighted by Gasteiger charge is -2.12. The summed E-state index contributed by atoms with van der Waals surface area (Å²) in [4.78, 5) is 16.8. The summed E-state index contributed by atoms with van der Waals surface area (Å²) in [5.41, 5.74) is 1.70. The summed E-state index contributed by atoms with van der Waals surface area (Å²) in [5, 5.41) is 13.1. The molecule has 2 aromatic carbocycles. The number of anilines is 1. The van der Waals surface area contributed by atoms with Crippen molar-refractivity contribution in [3.63, 3.8) is 0 Å². The molecule has 1 N–H and O–H groups in total. The largest absolute Gasteiger partial charge is 0.494 e. The van der Waals surface area contributed by atoms with E-state index in [0.29, 0.717) is 29.1 Å². The van der Waals surface area contributed by atoms with E-state index in [1.54, 1.807) is 6.07 Å². The molecule has 0 fully saturated rings. The smallest absolute Gasteiger partial charge is 0.242 e. The van der Waals surface area contributed by atoms with Gasteiger partial charge in [0.1, 0.15) is 22.6 Å². The number of carbonyl (C=O) groups excluding carboxylic acids is 1. The van der Waals surface area contributed by atoms with E-state index in [2.05, 4.69) is 10.3 Å².